The van der Waals surface area contributed by atoms with E-state index in [1.165, 1.54) is 19.3 Å². The fourth-order valence-corrected chi connectivity index (χ4v) is 2.55. The Hall–Kier alpha value is 0.0500. The van der Waals surface area contributed by atoms with Crippen molar-refractivity contribution in [3.05, 3.63) is 0 Å². The third-order valence-electron chi connectivity index (χ3n) is 3.09. The van der Waals surface area contributed by atoms with Gasteiger partial charge in [0.15, 0.2) is 0 Å². The fourth-order valence-electron chi connectivity index (χ4n) is 2.05. The molecule has 1 amide bonds. The molecule has 1 N–H and O–H groups in total. The first-order valence-electron chi connectivity index (χ1n) is 5.28. The molecule has 0 aromatic rings. The minimum absolute atomic E-state index is 0.0434. The quantitative estimate of drug-likeness (QED) is 0.733. The smallest absolute Gasteiger partial charge is 0.226 e. The highest BCUT2D eigenvalue weighted by Crippen LogP contribution is 2.53. The van der Waals surface area contributed by atoms with Gasteiger partial charge in [0, 0.05) is 6.04 Å². The van der Waals surface area contributed by atoms with E-state index in [0.29, 0.717) is 12.5 Å². The fraction of sp³-hybridized carbons (Fsp3) is 0.900. The second kappa shape index (κ2) is 3.90. The summed E-state index contributed by atoms with van der Waals surface area (Å²) in [6, 6.07) is 0.362. The molecule has 4 heteroatoms. The molecule has 0 radical (unpaired) electrons. The van der Waals surface area contributed by atoms with Crippen molar-refractivity contribution in [3.8, 4) is 0 Å². The molecule has 2 saturated carbocycles. The zero-order valence-corrected chi connectivity index (χ0v) is 9.57. The Bertz CT molecular complexity index is 236. The van der Waals surface area contributed by atoms with E-state index in [9.17, 15) is 4.79 Å². The lowest BCUT2D eigenvalue weighted by atomic mass is 9.95. The van der Waals surface area contributed by atoms with Crippen LogP contribution in [-0.2, 0) is 4.79 Å². The van der Waals surface area contributed by atoms with Crippen LogP contribution in [0.2, 0.25) is 0 Å². The van der Waals surface area contributed by atoms with Crippen molar-refractivity contribution in [2.45, 2.75) is 48.9 Å². The molecule has 2 aliphatic rings. The van der Waals surface area contributed by atoms with Gasteiger partial charge >= 0.3 is 0 Å². The number of nitrogens with one attached hydrogen (secondary N) is 1. The highest BCUT2D eigenvalue weighted by molar-refractivity contribution is 6.52. The molecule has 1 atom stereocenters. The van der Waals surface area contributed by atoms with Crippen molar-refractivity contribution < 1.29 is 4.79 Å². The molecule has 0 heterocycles. The first kappa shape index (κ1) is 10.6. The van der Waals surface area contributed by atoms with E-state index >= 15 is 0 Å². The van der Waals surface area contributed by atoms with Crippen molar-refractivity contribution in [3.63, 3.8) is 0 Å². The molecule has 2 rings (SSSR count). The number of hydrogen-bond donors (Lipinski definition) is 1. The van der Waals surface area contributed by atoms with Gasteiger partial charge in [-0.2, -0.15) is 0 Å². The van der Waals surface area contributed by atoms with Gasteiger partial charge < -0.3 is 5.32 Å². The Kier molecular flexibility index (Phi) is 2.94. The molecular formula is C10H15Cl2NO. The van der Waals surface area contributed by atoms with Crippen molar-refractivity contribution in [1.29, 1.82) is 0 Å². The summed E-state index contributed by atoms with van der Waals surface area (Å²) in [6.07, 6.45) is 6.57. The zero-order valence-electron chi connectivity index (χ0n) is 8.06. The lowest BCUT2D eigenvalue weighted by Gasteiger charge is -2.22. The summed E-state index contributed by atoms with van der Waals surface area (Å²) in [6.45, 7) is 0. The van der Waals surface area contributed by atoms with E-state index in [2.05, 4.69) is 5.32 Å². The Balaban J connectivity index is 1.77. The number of halogens is 2. The average molecular weight is 236 g/mol. The summed E-state index contributed by atoms with van der Waals surface area (Å²) in [5.74, 6) is -0.130. The summed E-state index contributed by atoms with van der Waals surface area (Å²) in [5.41, 5.74) is 0. The van der Waals surface area contributed by atoms with Crippen LogP contribution in [0.5, 0.6) is 0 Å². The molecule has 2 fully saturated rings. The lowest BCUT2D eigenvalue weighted by molar-refractivity contribution is -0.123. The highest BCUT2D eigenvalue weighted by Gasteiger charge is 2.56. The number of carbonyl (C=O) groups is 1. The van der Waals surface area contributed by atoms with Gasteiger partial charge in [-0.3, -0.25) is 4.79 Å². The van der Waals surface area contributed by atoms with Crippen molar-refractivity contribution in [2.75, 3.05) is 0 Å². The normalized spacial score (nSPS) is 31.1. The third kappa shape index (κ3) is 2.34. The van der Waals surface area contributed by atoms with Gasteiger partial charge in [-0.25, -0.2) is 0 Å². The van der Waals surface area contributed by atoms with Gasteiger partial charge in [0.2, 0.25) is 5.91 Å². The van der Waals surface area contributed by atoms with Gasteiger partial charge in [-0.1, -0.05) is 19.3 Å². The molecule has 80 valence electrons. The van der Waals surface area contributed by atoms with Crippen LogP contribution in [0.1, 0.15) is 38.5 Å². The number of rotatable bonds is 2. The Morgan fingerprint density at radius 1 is 1.21 bits per heavy atom. The Morgan fingerprint density at radius 2 is 1.79 bits per heavy atom. The molecule has 14 heavy (non-hydrogen) atoms. The third-order valence-corrected chi connectivity index (χ3v) is 3.93. The number of hydrogen-bond acceptors (Lipinski definition) is 1. The highest BCUT2D eigenvalue weighted by atomic mass is 35.5. The maximum Gasteiger partial charge on any atom is 0.226 e. The monoisotopic (exact) mass is 235 g/mol. The molecule has 2 aliphatic carbocycles. The van der Waals surface area contributed by atoms with Gasteiger partial charge in [0.25, 0.3) is 0 Å². The van der Waals surface area contributed by atoms with Crippen LogP contribution >= 0.6 is 23.2 Å². The number of alkyl halides is 2. The zero-order chi connectivity index (χ0) is 10.2. The summed E-state index contributed by atoms with van der Waals surface area (Å²) >= 11 is 11.6. The second-order valence-electron chi connectivity index (χ2n) is 4.36. The largest absolute Gasteiger partial charge is 0.353 e. The van der Waals surface area contributed by atoms with Crippen LogP contribution in [0.3, 0.4) is 0 Å². The summed E-state index contributed by atoms with van der Waals surface area (Å²) in [4.78, 5) is 11.6. The molecule has 0 saturated heterocycles. The summed E-state index contributed by atoms with van der Waals surface area (Å²) in [7, 11) is 0. The minimum Gasteiger partial charge on any atom is -0.353 e. The molecule has 0 aromatic heterocycles. The molecule has 0 spiro atoms. The predicted octanol–water partition coefficient (Wildman–Crippen LogP) is 2.63. The van der Waals surface area contributed by atoms with Gasteiger partial charge in [0.05, 0.1) is 5.92 Å². The van der Waals surface area contributed by atoms with Crippen LogP contribution in [0.25, 0.3) is 0 Å². The SMILES string of the molecule is O=C(NC1CCCCC1)C1CC1(Cl)Cl. The standard InChI is InChI=1S/C10H15Cl2NO/c11-10(12)6-8(10)9(14)13-7-4-2-1-3-5-7/h7-8H,1-6H2,(H,13,14). The van der Waals surface area contributed by atoms with Crippen LogP contribution in [0.15, 0.2) is 0 Å². The Morgan fingerprint density at radius 3 is 2.29 bits per heavy atom. The molecule has 0 aliphatic heterocycles. The van der Waals surface area contributed by atoms with Gasteiger partial charge in [-0.15, -0.1) is 23.2 Å². The maximum absolute atomic E-state index is 11.6. The van der Waals surface area contributed by atoms with E-state index < -0.39 is 4.33 Å². The van der Waals surface area contributed by atoms with E-state index in [1.807, 2.05) is 0 Å². The molecule has 0 bridgehead atoms. The van der Waals surface area contributed by atoms with Gasteiger partial charge in [-0.05, 0) is 19.3 Å². The van der Waals surface area contributed by atoms with Crippen molar-refractivity contribution in [2.24, 2.45) is 5.92 Å². The lowest BCUT2D eigenvalue weighted by Crippen LogP contribution is -2.37. The molecule has 0 aromatic carbocycles. The molecular weight excluding hydrogens is 221 g/mol. The first-order chi connectivity index (χ1) is 6.59. The van der Waals surface area contributed by atoms with Crippen LogP contribution in [0, 0.1) is 5.92 Å². The van der Waals surface area contributed by atoms with Crippen molar-refractivity contribution >= 4 is 29.1 Å². The number of carbonyl (C=O) groups excluding carboxylic acids is 1. The maximum atomic E-state index is 11.6. The van der Waals surface area contributed by atoms with E-state index in [0.717, 1.165) is 12.8 Å². The van der Waals surface area contributed by atoms with E-state index in [-0.39, 0.29) is 11.8 Å². The number of amides is 1. The van der Waals surface area contributed by atoms with Crippen molar-refractivity contribution in [1.82, 2.24) is 5.32 Å². The van der Waals surface area contributed by atoms with Crippen LogP contribution in [0.4, 0.5) is 0 Å². The second-order valence-corrected chi connectivity index (χ2v) is 5.90. The minimum atomic E-state index is -0.779. The Labute approximate surface area is 94.3 Å². The first-order valence-corrected chi connectivity index (χ1v) is 6.03. The predicted molar refractivity (Wildman–Crippen MR) is 57.6 cm³/mol. The topological polar surface area (TPSA) is 29.1 Å². The van der Waals surface area contributed by atoms with E-state index in [4.69, 9.17) is 23.2 Å². The summed E-state index contributed by atoms with van der Waals surface area (Å²) in [5, 5.41) is 3.03. The molecule has 2 nitrogen and oxygen atoms in total. The average Bonchev–Trinajstić information content (AvgIpc) is 2.77. The van der Waals surface area contributed by atoms with E-state index in [1.54, 1.807) is 0 Å². The van der Waals surface area contributed by atoms with Gasteiger partial charge in [0.1, 0.15) is 4.33 Å². The van der Waals surface area contributed by atoms with Crippen LogP contribution in [-0.4, -0.2) is 16.3 Å². The summed E-state index contributed by atoms with van der Waals surface area (Å²) < 4.78 is -0.779. The molecule has 1 unspecified atom stereocenters. The van der Waals surface area contributed by atoms with Crippen LogP contribution < -0.4 is 5.32 Å².